The number of carbonyl (C=O) groups excluding carboxylic acids is 1. The van der Waals surface area contributed by atoms with Crippen molar-refractivity contribution in [2.24, 2.45) is 5.92 Å². The van der Waals surface area contributed by atoms with E-state index in [4.69, 9.17) is 9.84 Å². The third-order valence-corrected chi connectivity index (χ3v) is 4.46. The minimum atomic E-state index is -0.780. The molecule has 1 unspecified atom stereocenters. The Bertz CT molecular complexity index is 561. The van der Waals surface area contributed by atoms with Gasteiger partial charge in [-0.25, -0.2) is 0 Å². The van der Waals surface area contributed by atoms with E-state index in [1.54, 1.807) is 19.2 Å². The van der Waals surface area contributed by atoms with Crippen molar-refractivity contribution in [3.05, 3.63) is 28.2 Å². The van der Waals surface area contributed by atoms with Crippen molar-refractivity contribution in [2.75, 3.05) is 20.2 Å². The molecular formula is C16H20BrNO4. The first-order chi connectivity index (χ1) is 10.5. The average Bonchev–Trinajstić information content (AvgIpc) is 2.52. The number of aliphatic carboxylic acids is 1. The standard InChI is InChI=1S/C16H20BrNO4/c1-22-14-9-12(17)5-6-13(14)16(21)18-8-2-3-11(10-18)4-7-15(19)20/h5-6,9,11H,2-4,7-8,10H2,1H3,(H,19,20). The number of hydrogen-bond acceptors (Lipinski definition) is 3. The summed E-state index contributed by atoms with van der Waals surface area (Å²) >= 11 is 3.37. The predicted octanol–water partition coefficient (Wildman–Crippen LogP) is 3.17. The van der Waals surface area contributed by atoms with E-state index in [9.17, 15) is 9.59 Å². The Hall–Kier alpha value is -1.56. The highest BCUT2D eigenvalue weighted by atomic mass is 79.9. The van der Waals surface area contributed by atoms with Gasteiger partial charge in [0.25, 0.3) is 5.91 Å². The first kappa shape index (κ1) is 16.8. The molecule has 0 radical (unpaired) electrons. The van der Waals surface area contributed by atoms with E-state index in [2.05, 4.69) is 15.9 Å². The molecule has 0 bridgehead atoms. The van der Waals surface area contributed by atoms with Gasteiger partial charge in [0.2, 0.25) is 0 Å². The molecule has 1 aromatic carbocycles. The summed E-state index contributed by atoms with van der Waals surface area (Å²) in [5.74, 6) is -0.0234. The first-order valence-corrected chi connectivity index (χ1v) is 8.15. The quantitative estimate of drug-likeness (QED) is 0.865. The van der Waals surface area contributed by atoms with Gasteiger partial charge in [-0.1, -0.05) is 15.9 Å². The number of piperidine rings is 1. The highest BCUT2D eigenvalue weighted by molar-refractivity contribution is 9.10. The van der Waals surface area contributed by atoms with E-state index in [1.165, 1.54) is 0 Å². The summed E-state index contributed by atoms with van der Waals surface area (Å²) in [6.07, 6.45) is 2.67. The lowest BCUT2D eigenvalue weighted by Crippen LogP contribution is -2.40. The van der Waals surface area contributed by atoms with Crippen molar-refractivity contribution < 1.29 is 19.4 Å². The van der Waals surface area contributed by atoms with E-state index >= 15 is 0 Å². The molecule has 1 heterocycles. The van der Waals surface area contributed by atoms with Crippen LogP contribution in [-0.2, 0) is 4.79 Å². The molecule has 1 saturated heterocycles. The highest BCUT2D eigenvalue weighted by Crippen LogP contribution is 2.27. The second-order valence-electron chi connectivity index (χ2n) is 5.54. The van der Waals surface area contributed by atoms with Gasteiger partial charge in [0, 0.05) is 24.0 Å². The van der Waals surface area contributed by atoms with Crippen LogP contribution in [-0.4, -0.2) is 42.1 Å². The minimum absolute atomic E-state index is 0.0515. The van der Waals surface area contributed by atoms with Crippen LogP contribution in [0, 0.1) is 5.92 Å². The van der Waals surface area contributed by atoms with Crippen molar-refractivity contribution >= 4 is 27.8 Å². The maximum atomic E-state index is 12.7. The Morgan fingerprint density at radius 1 is 1.45 bits per heavy atom. The van der Waals surface area contributed by atoms with E-state index in [0.717, 1.165) is 17.3 Å². The van der Waals surface area contributed by atoms with Gasteiger partial charge < -0.3 is 14.7 Å². The number of carboxylic acid groups (broad SMARTS) is 1. The zero-order valence-electron chi connectivity index (χ0n) is 12.5. The average molecular weight is 370 g/mol. The van der Waals surface area contributed by atoms with Crippen LogP contribution in [0.1, 0.15) is 36.0 Å². The molecule has 0 saturated carbocycles. The number of ether oxygens (including phenoxy) is 1. The summed E-state index contributed by atoms with van der Waals surface area (Å²) in [6, 6.07) is 5.35. The molecule has 0 aliphatic carbocycles. The molecule has 6 heteroatoms. The van der Waals surface area contributed by atoms with Crippen LogP contribution in [0.3, 0.4) is 0 Å². The zero-order valence-corrected chi connectivity index (χ0v) is 14.1. The molecule has 1 atom stereocenters. The SMILES string of the molecule is COc1cc(Br)ccc1C(=O)N1CCCC(CCC(=O)O)C1. The molecule has 0 spiro atoms. The van der Waals surface area contributed by atoms with Crippen LogP contribution in [0.15, 0.2) is 22.7 Å². The smallest absolute Gasteiger partial charge is 0.303 e. The van der Waals surface area contributed by atoms with E-state index in [0.29, 0.717) is 30.8 Å². The van der Waals surface area contributed by atoms with Crippen molar-refractivity contribution in [3.8, 4) is 5.75 Å². The van der Waals surface area contributed by atoms with E-state index in [1.807, 2.05) is 11.0 Å². The number of halogens is 1. The normalized spacial score (nSPS) is 18.1. The van der Waals surface area contributed by atoms with Crippen molar-refractivity contribution in [2.45, 2.75) is 25.7 Å². The van der Waals surface area contributed by atoms with Gasteiger partial charge in [-0.05, 0) is 43.4 Å². The monoisotopic (exact) mass is 369 g/mol. The number of nitrogens with zero attached hydrogens (tertiary/aromatic N) is 1. The van der Waals surface area contributed by atoms with Gasteiger partial charge in [-0.2, -0.15) is 0 Å². The molecule has 1 aliphatic rings. The first-order valence-electron chi connectivity index (χ1n) is 7.36. The lowest BCUT2D eigenvalue weighted by molar-refractivity contribution is -0.137. The Labute approximate surface area is 138 Å². The van der Waals surface area contributed by atoms with Gasteiger partial charge in [-0.15, -0.1) is 0 Å². The maximum Gasteiger partial charge on any atom is 0.303 e. The second-order valence-corrected chi connectivity index (χ2v) is 6.45. The van der Waals surface area contributed by atoms with Crippen molar-refractivity contribution in [1.29, 1.82) is 0 Å². The lowest BCUT2D eigenvalue weighted by Gasteiger charge is -2.33. The van der Waals surface area contributed by atoms with Crippen LogP contribution < -0.4 is 4.74 Å². The minimum Gasteiger partial charge on any atom is -0.496 e. The summed E-state index contributed by atoms with van der Waals surface area (Å²) in [6.45, 7) is 1.33. The van der Waals surface area contributed by atoms with Crippen LogP contribution in [0.5, 0.6) is 5.75 Å². The zero-order chi connectivity index (χ0) is 16.1. The fraction of sp³-hybridized carbons (Fsp3) is 0.500. The van der Waals surface area contributed by atoms with Crippen LogP contribution in [0.25, 0.3) is 0 Å². The van der Waals surface area contributed by atoms with Gasteiger partial charge >= 0.3 is 5.97 Å². The number of hydrogen-bond donors (Lipinski definition) is 1. The van der Waals surface area contributed by atoms with Crippen molar-refractivity contribution in [3.63, 3.8) is 0 Å². The molecule has 5 nitrogen and oxygen atoms in total. The Morgan fingerprint density at radius 2 is 2.23 bits per heavy atom. The molecular weight excluding hydrogens is 350 g/mol. The molecule has 2 rings (SSSR count). The molecule has 120 valence electrons. The predicted molar refractivity (Wildman–Crippen MR) is 86.2 cm³/mol. The number of amides is 1. The van der Waals surface area contributed by atoms with Gasteiger partial charge in [0.05, 0.1) is 12.7 Å². The number of benzene rings is 1. The largest absolute Gasteiger partial charge is 0.496 e. The fourth-order valence-corrected chi connectivity index (χ4v) is 3.16. The number of rotatable bonds is 5. The molecule has 22 heavy (non-hydrogen) atoms. The molecule has 1 aliphatic heterocycles. The third kappa shape index (κ3) is 4.22. The summed E-state index contributed by atoms with van der Waals surface area (Å²) < 4.78 is 6.15. The number of carbonyl (C=O) groups is 2. The van der Waals surface area contributed by atoms with Gasteiger partial charge in [0.15, 0.2) is 0 Å². The third-order valence-electron chi connectivity index (χ3n) is 3.97. The Balaban J connectivity index is 2.07. The number of carboxylic acids is 1. The summed E-state index contributed by atoms with van der Waals surface area (Å²) in [4.78, 5) is 25.2. The van der Waals surface area contributed by atoms with Gasteiger partial charge in [-0.3, -0.25) is 9.59 Å². The van der Waals surface area contributed by atoms with E-state index in [-0.39, 0.29) is 18.2 Å². The molecule has 1 N–H and O–H groups in total. The number of likely N-dealkylation sites (tertiary alicyclic amines) is 1. The summed E-state index contributed by atoms with van der Waals surface area (Å²) in [7, 11) is 1.55. The molecule has 1 fully saturated rings. The molecule has 1 amide bonds. The summed E-state index contributed by atoms with van der Waals surface area (Å²) in [5, 5.41) is 8.79. The molecule has 0 aromatic heterocycles. The molecule has 1 aromatic rings. The van der Waals surface area contributed by atoms with Crippen LogP contribution in [0.2, 0.25) is 0 Å². The van der Waals surface area contributed by atoms with Crippen LogP contribution in [0.4, 0.5) is 0 Å². The van der Waals surface area contributed by atoms with Crippen LogP contribution >= 0.6 is 15.9 Å². The van der Waals surface area contributed by atoms with Crippen molar-refractivity contribution in [1.82, 2.24) is 4.90 Å². The topological polar surface area (TPSA) is 66.8 Å². The maximum absolute atomic E-state index is 12.7. The Kier molecular flexibility index (Phi) is 5.83. The number of methoxy groups -OCH3 is 1. The summed E-state index contributed by atoms with van der Waals surface area (Å²) in [5.41, 5.74) is 0.546. The second kappa shape index (κ2) is 7.63. The highest BCUT2D eigenvalue weighted by Gasteiger charge is 2.26. The Morgan fingerprint density at radius 3 is 2.91 bits per heavy atom. The lowest BCUT2D eigenvalue weighted by atomic mass is 9.93. The van der Waals surface area contributed by atoms with Gasteiger partial charge in [0.1, 0.15) is 5.75 Å². The fourth-order valence-electron chi connectivity index (χ4n) is 2.82. The van der Waals surface area contributed by atoms with E-state index < -0.39 is 5.97 Å².